The Bertz CT molecular complexity index is 3000. The van der Waals surface area contributed by atoms with Gasteiger partial charge in [-0.2, -0.15) is 13.2 Å². The largest absolute Gasteiger partial charge is 0.455 e. The summed E-state index contributed by atoms with van der Waals surface area (Å²) in [6, 6.07) is 51.1. The molecule has 252 valence electrons. The first-order valence-corrected chi connectivity index (χ1v) is 17.3. The molecule has 0 radical (unpaired) electrons. The average Bonchev–Trinajstić information content (AvgIpc) is 3.58. The van der Waals surface area contributed by atoms with Crippen LogP contribution in [0.5, 0.6) is 0 Å². The van der Waals surface area contributed by atoms with Gasteiger partial charge in [-0.1, -0.05) is 140 Å². The monoisotopic (exact) mass is 692 g/mol. The molecule has 8 aromatic carbocycles. The number of hydrogen-bond donors (Lipinski definition) is 0. The number of alkyl halides is 3. The van der Waals surface area contributed by atoms with Gasteiger partial charge >= 0.3 is 6.18 Å². The lowest BCUT2D eigenvalue weighted by molar-refractivity contribution is -0.137. The molecule has 3 nitrogen and oxygen atoms in total. The Morgan fingerprint density at radius 2 is 0.962 bits per heavy atom. The number of hydrogen-bond acceptors (Lipinski definition) is 3. The van der Waals surface area contributed by atoms with Gasteiger partial charge in [0.2, 0.25) is 0 Å². The van der Waals surface area contributed by atoms with Crippen LogP contribution in [0.2, 0.25) is 0 Å². The zero-order valence-electron chi connectivity index (χ0n) is 28.0. The molecule has 0 aliphatic heterocycles. The second-order valence-electron chi connectivity index (χ2n) is 13.2. The van der Waals surface area contributed by atoms with Crippen LogP contribution in [0.15, 0.2) is 168 Å². The molecule has 0 amide bonds. The van der Waals surface area contributed by atoms with Gasteiger partial charge in [0.25, 0.3) is 0 Å². The third-order valence-corrected chi connectivity index (χ3v) is 10.1. The van der Waals surface area contributed by atoms with Crippen molar-refractivity contribution in [2.24, 2.45) is 0 Å². The third-order valence-electron chi connectivity index (χ3n) is 10.1. The predicted molar refractivity (Wildman–Crippen MR) is 209 cm³/mol. The number of para-hydroxylation sites is 4. The average molecular weight is 693 g/mol. The Morgan fingerprint density at radius 1 is 0.415 bits per heavy atom. The zero-order chi connectivity index (χ0) is 35.7. The molecule has 10 rings (SSSR count). The van der Waals surface area contributed by atoms with Crippen LogP contribution in [-0.4, -0.2) is 9.97 Å². The second kappa shape index (κ2) is 11.9. The van der Waals surface area contributed by atoms with Gasteiger partial charge in [-0.05, 0) is 56.9 Å². The smallest absolute Gasteiger partial charge is 0.417 e. The van der Waals surface area contributed by atoms with Gasteiger partial charge in [-0.25, -0.2) is 9.97 Å². The van der Waals surface area contributed by atoms with Gasteiger partial charge in [0.15, 0.2) is 0 Å². The maximum absolute atomic E-state index is 15.4. The Labute approximate surface area is 301 Å². The summed E-state index contributed by atoms with van der Waals surface area (Å²) in [5.41, 5.74) is 6.22. The molecule has 0 fully saturated rings. The third kappa shape index (κ3) is 4.98. The van der Waals surface area contributed by atoms with Crippen molar-refractivity contribution in [3.8, 4) is 44.8 Å². The minimum Gasteiger partial charge on any atom is -0.455 e. The van der Waals surface area contributed by atoms with E-state index in [1.807, 2.05) is 121 Å². The number of nitrogens with zero attached hydrogens (tertiary/aromatic N) is 2. The zero-order valence-corrected chi connectivity index (χ0v) is 28.0. The van der Waals surface area contributed by atoms with Crippen LogP contribution in [0.25, 0.3) is 99.3 Å². The first-order valence-electron chi connectivity index (χ1n) is 17.3. The van der Waals surface area contributed by atoms with Crippen molar-refractivity contribution in [3.63, 3.8) is 0 Å². The molecule has 0 unspecified atom stereocenters. The lowest BCUT2D eigenvalue weighted by Gasteiger charge is -2.20. The minimum absolute atomic E-state index is 0.0276. The molecule has 2 heterocycles. The maximum Gasteiger partial charge on any atom is 0.417 e. The number of rotatable bonds is 4. The topological polar surface area (TPSA) is 38.9 Å². The summed E-state index contributed by atoms with van der Waals surface area (Å²) in [5.74, 6) is 0. The number of aromatic nitrogens is 2. The standard InChI is InChI=1S/C47H27F3N2O/c48-47(49,50)38-27-29(25-26-36(38)45-44(28-13-2-1-3-14-28)51-39-22-9-10-23-40(39)52-45)42-31-16-4-6-18-33(31)43(34-19-7-5-17-32(34)42)37-21-12-20-35-30-15-8-11-24-41(30)53-46(35)37/h1-27H. The highest BCUT2D eigenvalue weighted by molar-refractivity contribution is 6.24. The van der Waals surface area contributed by atoms with E-state index in [-0.39, 0.29) is 11.3 Å². The van der Waals surface area contributed by atoms with Crippen LogP contribution in [0, 0.1) is 0 Å². The van der Waals surface area contributed by atoms with Crippen LogP contribution in [-0.2, 0) is 6.18 Å². The van der Waals surface area contributed by atoms with E-state index in [1.165, 1.54) is 6.07 Å². The van der Waals surface area contributed by atoms with Crippen LogP contribution >= 0.6 is 0 Å². The summed E-state index contributed by atoms with van der Waals surface area (Å²) >= 11 is 0. The van der Waals surface area contributed by atoms with Crippen molar-refractivity contribution in [2.75, 3.05) is 0 Å². The summed E-state index contributed by atoms with van der Waals surface area (Å²) in [7, 11) is 0. The van der Waals surface area contributed by atoms with Gasteiger partial charge in [0.1, 0.15) is 11.2 Å². The van der Waals surface area contributed by atoms with E-state index in [9.17, 15) is 0 Å². The van der Waals surface area contributed by atoms with Crippen LogP contribution in [0.1, 0.15) is 5.56 Å². The molecule has 0 saturated heterocycles. The Morgan fingerprint density at radius 3 is 1.62 bits per heavy atom. The molecule has 6 heteroatoms. The van der Waals surface area contributed by atoms with Crippen molar-refractivity contribution < 1.29 is 17.6 Å². The highest BCUT2D eigenvalue weighted by atomic mass is 19.4. The molecular formula is C47H27F3N2O. The lowest BCUT2D eigenvalue weighted by atomic mass is 9.84. The van der Waals surface area contributed by atoms with Gasteiger partial charge < -0.3 is 4.42 Å². The van der Waals surface area contributed by atoms with Gasteiger partial charge in [-0.15, -0.1) is 0 Å². The lowest BCUT2D eigenvalue weighted by Crippen LogP contribution is -2.09. The maximum atomic E-state index is 15.4. The van der Waals surface area contributed by atoms with Crippen molar-refractivity contribution in [1.82, 2.24) is 9.97 Å². The summed E-state index contributed by atoms with van der Waals surface area (Å²) < 4.78 is 52.6. The van der Waals surface area contributed by atoms with Crippen molar-refractivity contribution >= 4 is 54.5 Å². The van der Waals surface area contributed by atoms with Crippen molar-refractivity contribution in [2.45, 2.75) is 6.18 Å². The molecule has 0 spiro atoms. The Balaban J connectivity index is 1.25. The minimum atomic E-state index is -4.69. The van der Waals surface area contributed by atoms with Crippen LogP contribution in [0.4, 0.5) is 13.2 Å². The SMILES string of the molecule is FC(F)(F)c1cc(-c2c3ccccc3c(-c3cccc4c3oc3ccccc34)c3ccccc23)ccc1-c1nc2ccccc2nc1-c1ccccc1. The number of benzene rings is 8. The first kappa shape index (κ1) is 31.0. The Kier molecular flexibility index (Phi) is 6.95. The summed E-state index contributed by atoms with van der Waals surface area (Å²) in [4.78, 5) is 9.66. The van der Waals surface area contributed by atoms with E-state index in [1.54, 1.807) is 18.2 Å². The molecule has 0 N–H and O–H groups in total. The molecule has 0 aliphatic rings. The normalized spacial score (nSPS) is 12.1. The molecule has 0 aliphatic carbocycles. The fourth-order valence-corrected chi connectivity index (χ4v) is 7.80. The van der Waals surface area contributed by atoms with E-state index in [0.29, 0.717) is 27.9 Å². The highest BCUT2D eigenvalue weighted by Gasteiger charge is 2.36. The predicted octanol–water partition coefficient (Wildman–Crippen LogP) is 13.5. The summed E-state index contributed by atoms with van der Waals surface area (Å²) in [6.45, 7) is 0. The first-order chi connectivity index (χ1) is 25.9. The van der Waals surface area contributed by atoms with E-state index in [2.05, 4.69) is 18.2 Å². The van der Waals surface area contributed by atoms with E-state index in [0.717, 1.165) is 60.2 Å². The number of furan rings is 1. The summed E-state index contributed by atoms with van der Waals surface area (Å²) in [5, 5.41) is 5.54. The molecule has 0 bridgehead atoms. The molecule has 0 saturated carbocycles. The van der Waals surface area contributed by atoms with E-state index in [4.69, 9.17) is 14.4 Å². The van der Waals surface area contributed by atoms with Gasteiger partial charge in [0.05, 0.1) is 28.0 Å². The fourth-order valence-electron chi connectivity index (χ4n) is 7.80. The second-order valence-corrected chi connectivity index (χ2v) is 13.2. The van der Waals surface area contributed by atoms with Crippen molar-refractivity contribution in [3.05, 3.63) is 169 Å². The number of halogens is 3. The molecule has 2 aromatic heterocycles. The van der Waals surface area contributed by atoms with Gasteiger partial charge in [-0.3, -0.25) is 0 Å². The quantitative estimate of drug-likeness (QED) is 0.172. The van der Waals surface area contributed by atoms with Crippen molar-refractivity contribution in [1.29, 1.82) is 0 Å². The Hall–Kier alpha value is -6.79. The molecular weight excluding hydrogens is 666 g/mol. The number of fused-ring (bicyclic) bond motifs is 6. The highest BCUT2D eigenvalue weighted by Crippen LogP contribution is 2.48. The van der Waals surface area contributed by atoms with Crippen LogP contribution < -0.4 is 0 Å². The summed E-state index contributed by atoms with van der Waals surface area (Å²) in [6.07, 6.45) is -4.69. The van der Waals surface area contributed by atoms with E-state index < -0.39 is 11.7 Å². The van der Waals surface area contributed by atoms with Crippen LogP contribution in [0.3, 0.4) is 0 Å². The molecule has 10 aromatic rings. The molecule has 53 heavy (non-hydrogen) atoms. The fraction of sp³-hybridized carbons (Fsp3) is 0.0213. The van der Waals surface area contributed by atoms with Gasteiger partial charge in [0, 0.05) is 33.0 Å². The van der Waals surface area contributed by atoms with E-state index >= 15 is 13.2 Å². The molecule has 0 atom stereocenters.